The number of nitrogens with one attached hydrogen (secondary N) is 1. The Balaban J connectivity index is 1.59. The summed E-state index contributed by atoms with van der Waals surface area (Å²) in [5.41, 5.74) is 3.62. The molecular weight excluding hydrogens is 390 g/mol. The van der Waals surface area contributed by atoms with Crippen LogP contribution in [0.3, 0.4) is 0 Å². The minimum absolute atomic E-state index is 0.235. The first-order valence-corrected chi connectivity index (χ1v) is 10.3. The Hall–Kier alpha value is -3.74. The Morgan fingerprint density at radius 1 is 1.13 bits per heavy atom. The van der Waals surface area contributed by atoms with Gasteiger partial charge in [0.15, 0.2) is 11.6 Å². The largest absolute Gasteiger partial charge is 0.469 e. The van der Waals surface area contributed by atoms with Gasteiger partial charge in [-0.2, -0.15) is 5.10 Å². The van der Waals surface area contributed by atoms with Gasteiger partial charge in [-0.05, 0) is 36.6 Å². The molecule has 1 saturated carbocycles. The van der Waals surface area contributed by atoms with Gasteiger partial charge in [0.25, 0.3) is 0 Å². The van der Waals surface area contributed by atoms with Crippen molar-refractivity contribution in [1.82, 2.24) is 19.6 Å². The zero-order valence-electron chi connectivity index (χ0n) is 17.3. The summed E-state index contributed by atoms with van der Waals surface area (Å²) < 4.78 is 6.77. The Kier molecular flexibility index (Phi) is 4.86. The monoisotopic (exact) mass is 413 g/mol. The van der Waals surface area contributed by atoms with Crippen LogP contribution in [0.2, 0.25) is 0 Å². The van der Waals surface area contributed by atoms with E-state index in [4.69, 9.17) is 14.8 Å². The Bertz CT molecular complexity index is 1220. The number of ether oxygens (including phenoxy) is 1. The van der Waals surface area contributed by atoms with Crippen LogP contribution in [0.5, 0.6) is 0 Å². The van der Waals surface area contributed by atoms with Crippen LogP contribution in [0.25, 0.3) is 16.6 Å². The van der Waals surface area contributed by atoms with Crippen molar-refractivity contribution in [2.75, 3.05) is 12.4 Å². The highest BCUT2D eigenvalue weighted by molar-refractivity contribution is 5.88. The lowest BCUT2D eigenvalue weighted by Crippen LogP contribution is -2.20. The predicted molar refractivity (Wildman–Crippen MR) is 118 cm³/mol. The highest BCUT2D eigenvalue weighted by Crippen LogP contribution is 2.50. The van der Waals surface area contributed by atoms with E-state index >= 15 is 0 Å². The lowest BCUT2D eigenvalue weighted by Gasteiger charge is -2.16. The van der Waals surface area contributed by atoms with Gasteiger partial charge in [-0.1, -0.05) is 36.4 Å². The molecule has 1 aliphatic carbocycles. The van der Waals surface area contributed by atoms with Gasteiger partial charge in [-0.3, -0.25) is 9.78 Å². The first kappa shape index (κ1) is 19.2. The van der Waals surface area contributed by atoms with Crippen molar-refractivity contribution < 1.29 is 9.53 Å². The number of pyridine rings is 1. The molecule has 31 heavy (non-hydrogen) atoms. The summed E-state index contributed by atoms with van der Waals surface area (Å²) in [6.07, 6.45) is 5.77. The van der Waals surface area contributed by atoms with Crippen LogP contribution in [0.15, 0.2) is 67.0 Å². The number of methoxy groups -OCH3 is 1. The number of carbonyl (C=O) groups is 1. The number of hydrogen-bond acceptors (Lipinski definition) is 6. The van der Waals surface area contributed by atoms with Gasteiger partial charge in [-0.15, -0.1) is 0 Å². The molecule has 3 heterocycles. The molecule has 0 radical (unpaired) electrons. The van der Waals surface area contributed by atoms with Crippen LogP contribution in [0.4, 0.5) is 5.82 Å². The molecule has 7 heteroatoms. The minimum atomic E-state index is -0.347. The molecular formula is C24H23N5O2. The Morgan fingerprint density at radius 2 is 1.94 bits per heavy atom. The van der Waals surface area contributed by atoms with E-state index < -0.39 is 0 Å². The van der Waals surface area contributed by atoms with Gasteiger partial charge < -0.3 is 10.1 Å². The maximum Gasteiger partial charge on any atom is 0.306 e. The van der Waals surface area contributed by atoms with Crippen LogP contribution in [0, 0.1) is 0 Å². The van der Waals surface area contributed by atoms with Crippen LogP contribution in [-0.2, 0) is 21.5 Å². The van der Waals surface area contributed by atoms with E-state index in [9.17, 15) is 4.79 Å². The number of esters is 1. The fourth-order valence-corrected chi connectivity index (χ4v) is 3.88. The van der Waals surface area contributed by atoms with Gasteiger partial charge in [0.1, 0.15) is 5.52 Å². The summed E-state index contributed by atoms with van der Waals surface area (Å²) in [5.74, 6) is 1.17. The second-order valence-corrected chi connectivity index (χ2v) is 7.88. The van der Waals surface area contributed by atoms with Gasteiger partial charge in [0, 0.05) is 23.4 Å². The third-order valence-electron chi connectivity index (χ3n) is 5.80. The molecule has 7 nitrogen and oxygen atoms in total. The maximum absolute atomic E-state index is 12.0. The predicted octanol–water partition coefficient (Wildman–Crippen LogP) is 4.00. The van der Waals surface area contributed by atoms with Gasteiger partial charge in [0.05, 0.1) is 25.8 Å². The molecule has 4 aromatic rings. The normalized spacial score (nSPS) is 14.4. The summed E-state index contributed by atoms with van der Waals surface area (Å²) in [6.45, 7) is 0.538. The van der Waals surface area contributed by atoms with Gasteiger partial charge in [0.2, 0.25) is 0 Å². The molecule has 0 saturated heterocycles. The molecule has 1 N–H and O–H groups in total. The third kappa shape index (κ3) is 3.74. The van der Waals surface area contributed by atoms with Crippen molar-refractivity contribution in [2.24, 2.45) is 0 Å². The van der Waals surface area contributed by atoms with Crippen molar-refractivity contribution in [3.63, 3.8) is 0 Å². The molecule has 1 fully saturated rings. The van der Waals surface area contributed by atoms with Gasteiger partial charge >= 0.3 is 5.97 Å². The number of benzene rings is 1. The van der Waals surface area contributed by atoms with E-state index in [2.05, 4.69) is 28.5 Å². The average Bonchev–Trinajstić information content (AvgIpc) is 3.47. The highest BCUT2D eigenvalue weighted by atomic mass is 16.5. The van der Waals surface area contributed by atoms with E-state index in [1.165, 1.54) is 7.11 Å². The first-order chi connectivity index (χ1) is 15.2. The summed E-state index contributed by atoms with van der Waals surface area (Å²) in [4.78, 5) is 21.3. The minimum Gasteiger partial charge on any atom is -0.469 e. The van der Waals surface area contributed by atoms with Crippen LogP contribution >= 0.6 is 0 Å². The smallest absolute Gasteiger partial charge is 0.306 e. The number of hydrogen-bond donors (Lipinski definition) is 1. The second-order valence-electron chi connectivity index (χ2n) is 7.88. The first-order valence-electron chi connectivity index (χ1n) is 10.3. The van der Waals surface area contributed by atoms with Crippen molar-refractivity contribution in [1.29, 1.82) is 0 Å². The molecule has 0 atom stereocenters. The van der Waals surface area contributed by atoms with Crippen molar-refractivity contribution in [3.05, 3.63) is 78.5 Å². The lowest BCUT2D eigenvalue weighted by atomic mass is 10.0. The molecule has 0 aliphatic heterocycles. The molecule has 156 valence electrons. The summed E-state index contributed by atoms with van der Waals surface area (Å²) >= 11 is 0. The van der Waals surface area contributed by atoms with Crippen molar-refractivity contribution >= 4 is 17.3 Å². The van der Waals surface area contributed by atoms with Crippen LogP contribution in [-0.4, -0.2) is 32.7 Å². The van der Waals surface area contributed by atoms with E-state index in [1.54, 1.807) is 6.20 Å². The Labute approximate surface area is 180 Å². The Morgan fingerprint density at radius 3 is 2.65 bits per heavy atom. The number of rotatable bonds is 7. The van der Waals surface area contributed by atoms with Crippen LogP contribution in [0.1, 0.15) is 30.8 Å². The van der Waals surface area contributed by atoms with Crippen molar-refractivity contribution in [3.8, 4) is 11.1 Å². The molecule has 0 bridgehead atoms. The molecule has 1 aliphatic rings. The van der Waals surface area contributed by atoms with Gasteiger partial charge in [-0.25, -0.2) is 9.50 Å². The maximum atomic E-state index is 12.0. The van der Waals surface area contributed by atoms with E-state index in [0.29, 0.717) is 18.8 Å². The number of anilines is 1. The number of fused-ring (bicyclic) bond motifs is 1. The fraction of sp³-hybridized carbons (Fsp3) is 0.250. The topological polar surface area (TPSA) is 81.4 Å². The highest BCUT2D eigenvalue weighted by Gasteiger charge is 2.49. The van der Waals surface area contributed by atoms with E-state index in [-0.39, 0.29) is 11.4 Å². The quantitative estimate of drug-likeness (QED) is 0.461. The van der Waals surface area contributed by atoms with E-state index in [0.717, 1.165) is 41.0 Å². The lowest BCUT2D eigenvalue weighted by molar-refractivity contribution is -0.141. The molecule has 0 spiro atoms. The average molecular weight is 413 g/mol. The van der Waals surface area contributed by atoms with Crippen molar-refractivity contribution in [2.45, 2.75) is 31.2 Å². The number of carbonyl (C=O) groups excluding carboxylic acids is 1. The summed E-state index contributed by atoms with van der Waals surface area (Å²) in [6, 6.07) is 18.1. The number of aromatic nitrogens is 4. The zero-order chi connectivity index (χ0) is 21.3. The SMILES string of the molecule is COC(=O)CC1(c2nc(NCc3ccccn3)c3c(-c4ccccc4)ccn3n2)CC1. The molecule has 0 unspecified atom stereocenters. The fourth-order valence-electron chi connectivity index (χ4n) is 3.88. The number of nitrogens with zero attached hydrogens (tertiary/aromatic N) is 4. The molecule has 3 aromatic heterocycles. The summed E-state index contributed by atoms with van der Waals surface area (Å²) in [7, 11) is 1.42. The molecule has 5 rings (SSSR count). The third-order valence-corrected chi connectivity index (χ3v) is 5.80. The molecule has 1 aromatic carbocycles. The van der Waals surface area contributed by atoms with Crippen LogP contribution < -0.4 is 5.32 Å². The second kappa shape index (κ2) is 7.83. The molecule has 0 amide bonds. The zero-order valence-corrected chi connectivity index (χ0v) is 17.3. The summed E-state index contributed by atoms with van der Waals surface area (Å²) in [5, 5.41) is 8.26. The van der Waals surface area contributed by atoms with E-state index in [1.807, 2.05) is 47.1 Å². The standard InChI is InChI=1S/C24H23N5O2/c1-31-20(30)15-24(11-12-24)23-27-22(26-16-18-9-5-6-13-25-18)21-19(10-14-29(21)28-23)17-7-3-2-4-8-17/h2-10,13-14H,11-12,15-16H2,1H3,(H,26,27,28).